The van der Waals surface area contributed by atoms with Crippen LogP contribution in [-0.2, 0) is 18.3 Å². The molecule has 4 nitrogen and oxygen atoms in total. The number of carbonyl (C=O) groups excluding carboxylic acids is 1. The van der Waals surface area contributed by atoms with Gasteiger partial charge in [-0.3, -0.25) is 9.48 Å². The van der Waals surface area contributed by atoms with Crippen molar-refractivity contribution in [3.63, 3.8) is 0 Å². The van der Waals surface area contributed by atoms with Crippen LogP contribution in [0.3, 0.4) is 0 Å². The minimum absolute atomic E-state index is 0.192. The second kappa shape index (κ2) is 6.08. The molecular weight excluding hydrogens is 269 g/mol. The van der Waals surface area contributed by atoms with Crippen molar-refractivity contribution in [1.29, 1.82) is 0 Å². The van der Waals surface area contributed by atoms with E-state index in [-0.39, 0.29) is 11.6 Å². The number of carbonyl (C=O) groups is 1. The minimum Gasteiger partial charge on any atom is -0.324 e. The van der Waals surface area contributed by atoms with Crippen molar-refractivity contribution in [3.05, 3.63) is 46.5 Å². The molecule has 1 N–H and O–H groups in total. The van der Waals surface area contributed by atoms with Crippen molar-refractivity contribution in [1.82, 2.24) is 9.78 Å². The molecule has 0 radical (unpaired) electrons. The van der Waals surface area contributed by atoms with Crippen molar-refractivity contribution in [2.45, 2.75) is 33.6 Å². The first kappa shape index (κ1) is 15.2. The Hall–Kier alpha value is -2.17. The molecule has 2 aromatic rings. The SMILES string of the molecule is Cc1ccc(F)c(NC(=O)CCc2c(C)nn(C)c2C)c1. The highest BCUT2D eigenvalue weighted by atomic mass is 19.1. The lowest BCUT2D eigenvalue weighted by Crippen LogP contribution is -2.14. The fourth-order valence-corrected chi connectivity index (χ4v) is 2.37. The lowest BCUT2D eigenvalue weighted by molar-refractivity contribution is -0.116. The number of nitrogens with one attached hydrogen (secondary N) is 1. The first-order valence-electron chi connectivity index (χ1n) is 6.93. The molecular formula is C16H20FN3O. The zero-order chi connectivity index (χ0) is 15.6. The fourth-order valence-electron chi connectivity index (χ4n) is 2.37. The average molecular weight is 289 g/mol. The van der Waals surface area contributed by atoms with E-state index in [2.05, 4.69) is 10.4 Å². The maximum absolute atomic E-state index is 13.6. The van der Waals surface area contributed by atoms with E-state index in [0.717, 1.165) is 22.5 Å². The summed E-state index contributed by atoms with van der Waals surface area (Å²) in [6.45, 7) is 5.77. The van der Waals surface area contributed by atoms with E-state index >= 15 is 0 Å². The summed E-state index contributed by atoms with van der Waals surface area (Å²) in [6, 6.07) is 4.67. The molecule has 112 valence electrons. The predicted octanol–water partition coefficient (Wildman–Crippen LogP) is 3.06. The lowest BCUT2D eigenvalue weighted by Gasteiger charge is -2.07. The predicted molar refractivity (Wildman–Crippen MR) is 80.8 cm³/mol. The van der Waals surface area contributed by atoms with E-state index < -0.39 is 5.82 Å². The third-order valence-corrected chi connectivity index (χ3v) is 3.66. The number of aromatic nitrogens is 2. The zero-order valence-electron chi connectivity index (χ0n) is 12.8. The van der Waals surface area contributed by atoms with Crippen molar-refractivity contribution < 1.29 is 9.18 Å². The van der Waals surface area contributed by atoms with Crippen LogP contribution in [0.25, 0.3) is 0 Å². The van der Waals surface area contributed by atoms with Crippen LogP contribution in [0.15, 0.2) is 18.2 Å². The Balaban J connectivity index is 2.01. The molecule has 0 bridgehead atoms. The average Bonchev–Trinajstić information content (AvgIpc) is 2.66. The topological polar surface area (TPSA) is 46.9 Å². The van der Waals surface area contributed by atoms with Gasteiger partial charge in [-0.15, -0.1) is 0 Å². The van der Waals surface area contributed by atoms with Crippen LogP contribution in [0, 0.1) is 26.6 Å². The highest BCUT2D eigenvalue weighted by Gasteiger charge is 2.12. The molecule has 21 heavy (non-hydrogen) atoms. The summed E-state index contributed by atoms with van der Waals surface area (Å²) in [4.78, 5) is 12.0. The Labute approximate surface area is 124 Å². The third kappa shape index (κ3) is 3.48. The Morgan fingerprint density at radius 1 is 1.33 bits per heavy atom. The summed E-state index contributed by atoms with van der Waals surface area (Å²) in [5, 5.41) is 6.95. The second-order valence-electron chi connectivity index (χ2n) is 5.30. The molecule has 5 heteroatoms. The second-order valence-corrected chi connectivity index (χ2v) is 5.30. The van der Waals surface area contributed by atoms with Gasteiger partial charge in [0.15, 0.2) is 0 Å². The Kier molecular flexibility index (Phi) is 4.40. The van der Waals surface area contributed by atoms with Gasteiger partial charge < -0.3 is 5.32 Å². The summed E-state index contributed by atoms with van der Waals surface area (Å²) in [5.74, 6) is -0.607. The molecule has 1 heterocycles. The van der Waals surface area contributed by atoms with Crippen LogP contribution in [0.5, 0.6) is 0 Å². The van der Waals surface area contributed by atoms with Gasteiger partial charge in [0.25, 0.3) is 0 Å². The molecule has 0 aliphatic heterocycles. The number of rotatable bonds is 4. The zero-order valence-corrected chi connectivity index (χ0v) is 12.8. The molecule has 0 atom stereocenters. The van der Waals surface area contributed by atoms with E-state index in [1.165, 1.54) is 6.07 Å². The Morgan fingerprint density at radius 2 is 2.05 bits per heavy atom. The Morgan fingerprint density at radius 3 is 2.67 bits per heavy atom. The van der Waals surface area contributed by atoms with E-state index in [4.69, 9.17) is 0 Å². The molecule has 1 aromatic heterocycles. The van der Waals surface area contributed by atoms with Gasteiger partial charge in [-0.1, -0.05) is 6.07 Å². The maximum atomic E-state index is 13.6. The molecule has 0 aliphatic rings. The molecule has 0 saturated heterocycles. The normalized spacial score (nSPS) is 10.7. The summed E-state index contributed by atoms with van der Waals surface area (Å²) in [5.41, 5.74) is 4.22. The summed E-state index contributed by atoms with van der Waals surface area (Å²) >= 11 is 0. The van der Waals surface area contributed by atoms with Crippen LogP contribution < -0.4 is 5.32 Å². The summed E-state index contributed by atoms with van der Waals surface area (Å²) < 4.78 is 15.4. The fraction of sp³-hybridized carbons (Fsp3) is 0.375. The van der Waals surface area contributed by atoms with Gasteiger partial charge >= 0.3 is 0 Å². The van der Waals surface area contributed by atoms with Gasteiger partial charge in [-0.25, -0.2) is 4.39 Å². The highest BCUT2D eigenvalue weighted by molar-refractivity contribution is 5.91. The van der Waals surface area contributed by atoms with Crippen LogP contribution in [0.1, 0.15) is 28.9 Å². The molecule has 0 aliphatic carbocycles. The number of aryl methyl sites for hydroxylation is 3. The van der Waals surface area contributed by atoms with Gasteiger partial charge in [0.05, 0.1) is 11.4 Å². The number of halogens is 1. The van der Waals surface area contributed by atoms with Gasteiger partial charge in [-0.2, -0.15) is 5.10 Å². The quantitative estimate of drug-likeness (QED) is 0.940. The molecule has 0 saturated carbocycles. The first-order chi connectivity index (χ1) is 9.88. The number of amides is 1. The molecule has 0 fully saturated rings. The van der Waals surface area contributed by atoms with Gasteiger partial charge in [0.2, 0.25) is 5.91 Å². The van der Waals surface area contributed by atoms with Crippen LogP contribution >= 0.6 is 0 Å². The van der Waals surface area contributed by atoms with Crippen molar-refractivity contribution in [2.24, 2.45) is 7.05 Å². The largest absolute Gasteiger partial charge is 0.324 e. The standard InChI is InChI=1S/C16H20FN3O/c1-10-5-7-14(17)15(9-10)18-16(21)8-6-13-11(2)19-20(4)12(13)3/h5,7,9H,6,8H2,1-4H3,(H,18,21). The van der Waals surface area contributed by atoms with Crippen molar-refractivity contribution in [2.75, 3.05) is 5.32 Å². The molecule has 0 unspecified atom stereocenters. The minimum atomic E-state index is -0.414. The monoisotopic (exact) mass is 289 g/mol. The van der Waals surface area contributed by atoms with Crippen LogP contribution in [0.4, 0.5) is 10.1 Å². The number of nitrogens with zero attached hydrogens (tertiary/aromatic N) is 2. The van der Waals surface area contributed by atoms with Gasteiger partial charge in [0, 0.05) is 19.2 Å². The number of hydrogen-bond donors (Lipinski definition) is 1. The third-order valence-electron chi connectivity index (χ3n) is 3.66. The number of benzene rings is 1. The highest BCUT2D eigenvalue weighted by Crippen LogP contribution is 2.17. The van der Waals surface area contributed by atoms with E-state index in [1.807, 2.05) is 32.5 Å². The van der Waals surface area contributed by atoms with Crippen LogP contribution in [-0.4, -0.2) is 15.7 Å². The van der Waals surface area contributed by atoms with E-state index in [0.29, 0.717) is 12.8 Å². The number of hydrogen-bond acceptors (Lipinski definition) is 2. The van der Waals surface area contributed by atoms with Gasteiger partial charge in [-0.05, 0) is 50.5 Å². The molecule has 1 amide bonds. The Bertz CT molecular complexity index is 676. The van der Waals surface area contributed by atoms with E-state index in [9.17, 15) is 9.18 Å². The molecule has 0 spiro atoms. The number of anilines is 1. The maximum Gasteiger partial charge on any atom is 0.224 e. The van der Waals surface area contributed by atoms with Crippen molar-refractivity contribution >= 4 is 11.6 Å². The van der Waals surface area contributed by atoms with Gasteiger partial charge in [0.1, 0.15) is 5.82 Å². The summed E-state index contributed by atoms with van der Waals surface area (Å²) in [6.07, 6.45) is 0.908. The van der Waals surface area contributed by atoms with Crippen molar-refractivity contribution in [3.8, 4) is 0 Å². The smallest absolute Gasteiger partial charge is 0.224 e. The summed E-state index contributed by atoms with van der Waals surface area (Å²) in [7, 11) is 1.88. The lowest BCUT2D eigenvalue weighted by atomic mass is 10.1. The molecule has 2 rings (SSSR count). The molecule has 1 aromatic carbocycles. The van der Waals surface area contributed by atoms with E-state index in [1.54, 1.807) is 12.1 Å². The first-order valence-corrected chi connectivity index (χ1v) is 6.93. The van der Waals surface area contributed by atoms with Crippen LogP contribution in [0.2, 0.25) is 0 Å².